The number of ether oxygens (including phenoxy) is 1. The van der Waals surface area contributed by atoms with Gasteiger partial charge in [0.25, 0.3) is 5.91 Å². The summed E-state index contributed by atoms with van der Waals surface area (Å²) in [6.45, 7) is 2.68. The van der Waals surface area contributed by atoms with E-state index in [0.717, 1.165) is 40.7 Å². The summed E-state index contributed by atoms with van der Waals surface area (Å²) in [7, 11) is 1.56. The first-order chi connectivity index (χ1) is 23.4. The molecule has 244 valence electrons. The number of piperazine rings is 1. The van der Waals surface area contributed by atoms with E-state index in [0.29, 0.717) is 48.4 Å². The van der Waals surface area contributed by atoms with Crippen molar-refractivity contribution in [2.75, 3.05) is 50.1 Å². The second-order valence-corrected chi connectivity index (χ2v) is 13.1. The Kier molecular flexibility index (Phi) is 7.78. The molecule has 13 heteroatoms. The second kappa shape index (κ2) is 12.3. The number of hydrogen-bond acceptors (Lipinski definition) is 9. The summed E-state index contributed by atoms with van der Waals surface area (Å²) >= 11 is 6.11. The zero-order valence-corrected chi connectivity index (χ0v) is 27.1. The Morgan fingerprint density at radius 3 is 2.58 bits per heavy atom. The van der Waals surface area contributed by atoms with E-state index in [4.69, 9.17) is 16.3 Å². The molecule has 3 aromatic heterocycles. The van der Waals surface area contributed by atoms with Crippen LogP contribution in [0.5, 0.6) is 0 Å². The molecule has 3 saturated heterocycles. The molecule has 12 nitrogen and oxygen atoms in total. The summed E-state index contributed by atoms with van der Waals surface area (Å²) in [5, 5.41) is 11.8. The molecule has 2 amide bonds. The Hall–Kier alpha value is -4.91. The van der Waals surface area contributed by atoms with Crippen molar-refractivity contribution in [2.45, 2.75) is 30.5 Å². The summed E-state index contributed by atoms with van der Waals surface area (Å²) in [6, 6.07) is 19.8. The van der Waals surface area contributed by atoms with E-state index in [1.165, 1.54) is 0 Å². The zero-order valence-electron chi connectivity index (χ0n) is 26.3. The van der Waals surface area contributed by atoms with Crippen LogP contribution >= 0.6 is 11.6 Å². The average Bonchev–Trinajstić information content (AvgIpc) is 3.92. The number of carbonyl (C=O) groups excluding carboxylic acids is 2. The van der Waals surface area contributed by atoms with E-state index in [1.54, 1.807) is 31.8 Å². The number of fused-ring (bicyclic) bond motifs is 3. The van der Waals surface area contributed by atoms with Crippen LogP contribution in [0.2, 0.25) is 5.15 Å². The number of benzene rings is 2. The van der Waals surface area contributed by atoms with E-state index in [9.17, 15) is 9.59 Å². The molecule has 8 rings (SSSR count). The molecule has 0 unspecified atom stereocenters. The number of aromatic nitrogens is 5. The monoisotopic (exact) mass is 663 g/mol. The van der Waals surface area contributed by atoms with Gasteiger partial charge < -0.3 is 19.9 Å². The van der Waals surface area contributed by atoms with Gasteiger partial charge in [-0.25, -0.2) is 15.0 Å². The molecule has 3 aliphatic heterocycles. The van der Waals surface area contributed by atoms with E-state index < -0.39 is 5.60 Å². The van der Waals surface area contributed by atoms with Gasteiger partial charge in [-0.2, -0.15) is 5.10 Å². The van der Waals surface area contributed by atoms with Crippen molar-refractivity contribution in [1.29, 1.82) is 0 Å². The standard InChI is InChI=1S/C35H34ClN9O3/c1-48-35(34(47)40-24-5-8-29-28(16-24)32(42-41-29)23-9-13-37-30(36)15-23)10-14-43(21-35)20-31(46)45-19-26-17-27(45)18-44(26)25-6-3-22(4-7-25)33-38-11-2-12-39-33/h2-9,11-13,15-16,26-27H,10,14,17-21H2,1H3,(H,40,47)(H,41,42)/t26-,27+,35+/m1/s1. The Labute approximate surface area is 282 Å². The predicted molar refractivity (Wildman–Crippen MR) is 182 cm³/mol. The van der Waals surface area contributed by atoms with Crippen molar-refractivity contribution in [2.24, 2.45) is 0 Å². The molecule has 0 spiro atoms. The van der Waals surface area contributed by atoms with Crippen molar-refractivity contribution in [3.05, 3.63) is 84.4 Å². The van der Waals surface area contributed by atoms with E-state index in [-0.39, 0.29) is 30.4 Å². The fourth-order valence-corrected chi connectivity index (χ4v) is 7.54. The molecule has 48 heavy (non-hydrogen) atoms. The third-order valence-electron chi connectivity index (χ3n) is 9.88. The molecule has 3 fully saturated rings. The van der Waals surface area contributed by atoms with Gasteiger partial charge in [-0.1, -0.05) is 11.6 Å². The highest BCUT2D eigenvalue weighted by Crippen LogP contribution is 2.36. The topological polar surface area (TPSA) is 132 Å². The van der Waals surface area contributed by atoms with Crippen LogP contribution < -0.4 is 10.2 Å². The van der Waals surface area contributed by atoms with Gasteiger partial charge in [0, 0.05) is 85.8 Å². The summed E-state index contributed by atoms with van der Waals surface area (Å²) in [5.41, 5.74) is 4.06. The molecular weight excluding hydrogens is 630 g/mol. The summed E-state index contributed by atoms with van der Waals surface area (Å²) in [5.74, 6) is 0.565. The largest absolute Gasteiger partial charge is 0.367 e. The first-order valence-corrected chi connectivity index (χ1v) is 16.4. The first-order valence-electron chi connectivity index (χ1n) is 16.0. The third-order valence-corrected chi connectivity index (χ3v) is 10.1. The molecular formula is C35H34ClN9O3. The SMILES string of the molecule is CO[C@@]1(C(=O)Nc2ccc3[nH]nc(-c4ccnc(Cl)c4)c3c2)CCN(CC(=O)N2C[C@H]3C[C@H]2CN3c2ccc(-c3ncccn3)cc2)C1. The Balaban J connectivity index is 0.886. The van der Waals surface area contributed by atoms with Crippen molar-refractivity contribution in [3.63, 3.8) is 0 Å². The Morgan fingerprint density at radius 1 is 1.00 bits per heavy atom. The number of halogens is 1. The molecule has 2 N–H and O–H groups in total. The number of likely N-dealkylation sites (tertiary alicyclic amines) is 2. The summed E-state index contributed by atoms with van der Waals surface area (Å²) in [4.78, 5) is 46.4. The smallest absolute Gasteiger partial charge is 0.258 e. The lowest BCUT2D eigenvalue weighted by atomic mass is 10.0. The van der Waals surface area contributed by atoms with Crippen LogP contribution in [0.25, 0.3) is 33.5 Å². The molecule has 5 aromatic rings. The maximum absolute atomic E-state index is 13.7. The van der Waals surface area contributed by atoms with Crippen LogP contribution in [0, 0.1) is 0 Å². The van der Waals surface area contributed by atoms with Crippen molar-refractivity contribution >= 4 is 45.7 Å². The van der Waals surface area contributed by atoms with Gasteiger partial charge in [0.2, 0.25) is 5.91 Å². The maximum atomic E-state index is 13.7. The van der Waals surface area contributed by atoms with E-state index >= 15 is 0 Å². The number of H-pyrrole nitrogens is 1. The Morgan fingerprint density at radius 2 is 1.83 bits per heavy atom. The molecule has 6 heterocycles. The lowest BCUT2D eigenvalue weighted by Gasteiger charge is -2.36. The van der Waals surface area contributed by atoms with Gasteiger partial charge in [-0.15, -0.1) is 0 Å². The number of nitrogens with one attached hydrogen (secondary N) is 2. The van der Waals surface area contributed by atoms with Gasteiger partial charge in [-0.3, -0.25) is 19.6 Å². The van der Waals surface area contributed by atoms with Gasteiger partial charge in [0.1, 0.15) is 10.8 Å². The first kappa shape index (κ1) is 30.4. The van der Waals surface area contributed by atoms with Gasteiger partial charge >= 0.3 is 0 Å². The van der Waals surface area contributed by atoms with Crippen LogP contribution in [0.4, 0.5) is 11.4 Å². The molecule has 0 radical (unpaired) electrons. The molecule has 0 aliphatic carbocycles. The number of methoxy groups -OCH3 is 1. The number of aromatic amines is 1. The average molecular weight is 664 g/mol. The van der Waals surface area contributed by atoms with E-state index in [1.807, 2.05) is 40.1 Å². The number of anilines is 2. The number of carbonyl (C=O) groups is 2. The quantitative estimate of drug-likeness (QED) is 0.234. The summed E-state index contributed by atoms with van der Waals surface area (Å²) in [6.07, 6.45) is 6.56. The third kappa shape index (κ3) is 5.55. The van der Waals surface area contributed by atoms with Crippen LogP contribution in [-0.4, -0.2) is 104 Å². The number of nitrogens with zero attached hydrogens (tertiary/aromatic N) is 7. The highest BCUT2D eigenvalue weighted by Gasteiger charge is 2.48. The van der Waals surface area contributed by atoms with Crippen LogP contribution in [0.1, 0.15) is 12.8 Å². The fraction of sp³-hybridized carbons (Fsp3) is 0.314. The summed E-state index contributed by atoms with van der Waals surface area (Å²) < 4.78 is 5.86. The molecule has 0 saturated carbocycles. The molecule has 3 atom stereocenters. The fourth-order valence-electron chi connectivity index (χ4n) is 7.37. The number of pyridine rings is 1. The van der Waals surface area contributed by atoms with Crippen LogP contribution in [0.15, 0.2) is 79.3 Å². The minimum atomic E-state index is -1.06. The van der Waals surface area contributed by atoms with Gasteiger partial charge in [-0.05, 0) is 73.5 Å². The van der Waals surface area contributed by atoms with Crippen molar-refractivity contribution in [3.8, 4) is 22.6 Å². The normalized spacial score (nSPS) is 22.1. The van der Waals surface area contributed by atoms with Crippen LogP contribution in [-0.2, 0) is 14.3 Å². The lowest BCUT2D eigenvalue weighted by Crippen LogP contribution is -2.52. The van der Waals surface area contributed by atoms with Gasteiger partial charge in [0.05, 0.1) is 18.1 Å². The predicted octanol–water partition coefficient (Wildman–Crippen LogP) is 4.25. The van der Waals surface area contributed by atoms with Crippen LogP contribution in [0.3, 0.4) is 0 Å². The van der Waals surface area contributed by atoms with Gasteiger partial charge in [0.15, 0.2) is 11.4 Å². The van der Waals surface area contributed by atoms with Crippen molar-refractivity contribution in [1.82, 2.24) is 34.9 Å². The van der Waals surface area contributed by atoms with Crippen molar-refractivity contribution < 1.29 is 14.3 Å². The number of rotatable bonds is 8. The zero-order chi connectivity index (χ0) is 32.8. The maximum Gasteiger partial charge on any atom is 0.258 e. The minimum absolute atomic E-state index is 0.0974. The molecule has 2 aromatic carbocycles. The molecule has 3 aliphatic rings. The number of amides is 2. The Bertz CT molecular complexity index is 1990. The second-order valence-electron chi connectivity index (χ2n) is 12.7. The highest BCUT2D eigenvalue weighted by molar-refractivity contribution is 6.29. The highest BCUT2D eigenvalue weighted by atomic mass is 35.5. The number of hydrogen-bond donors (Lipinski definition) is 2. The lowest BCUT2D eigenvalue weighted by molar-refractivity contribution is -0.138. The minimum Gasteiger partial charge on any atom is -0.367 e. The van der Waals surface area contributed by atoms with E-state index in [2.05, 4.69) is 59.6 Å². The molecule has 2 bridgehead atoms.